The highest BCUT2D eigenvalue weighted by atomic mass is 16.3. The molecule has 86 valence electrons. The standard InChI is InChI=1S/C13H23NO/c1-11-7-5-8-12(2)14(11)10-6-9-13(3,4)15/h11-12,15H,5,7-8,10H2,1-4H3/p+1/t11-,12-/m0/s1. The molecule has 0 aromatic rings. The van der Waals surface area contributed by atoms with Crippen molar-refractivity contribution in [1.82, 2.24) is 0 Å². The molecule has 0 unspecified atom stereocenters. The minimum absolute atomic E-state index is 0.713. The Bertz CT molecular complexity index is 246. The van der Waals surface area contributed by atoms with Crippen LogP contribution >= 0.6 is 0 Å². The SMILES string of the molecule is C[C@H]1CCC[C@H](C)[NH+]1CC#CC(C)(C)O. The van der Waals surface area contributed by atoms with Crippen LogP contribution in [0.3, 0.4) is 0 Å². The van der Waals surface area contributed by atoms with Crippen LogP contribution < -0.4 is 4.90 Å². The first kappa shape index (κ1) is 12.5. The molecule has 2 heteroatoms. The Kier molecular flexibility index (Phi) is 4.19. The van der Waals surface area contributed by atoms with Gasteiger partial charge in [-0.1, -0.05) is 5.92 Å². The normalized spacial score (nSPS) is 28.3. The van der Waals surface area contributed by atoms with Crippen molar-refractivity contribution in [2.75, 3.05) is 6.54 Å². The maximum Gasteiger partial charge on any atom is 0.139 e. The highest BCUT2D eigenvalue weighted by Gasteiger charge is 2.27. The number of hydrogen-bond donors (Lipinski definition) is 2. The van der Waals surface area contributed by atoms with E-state index >= 15 is 0 Å². The average molecular weight is 210 g/mol. The van der Waals surface area contributed by atoms with E-state index < -0.39 is 5.60 Å². The van der Waals surface area contributed by atoms with Gasteiger partial charge in [0.2, 0.25) is 0 Å². The van der Waals surface area contributed by atoms with Crippen molar-refractivity contribution >= 4 is 0 Å². The van der Waals surface area contributed by atoms with Crippen molar-refractivity contribution in [1.29, 1.82) is 0 Å². The smallest absolute Gasteiger partial charge is 0.139 e. The van der Waals surface area contributed by atoms with E-state index in [2.05, 4.69) is 25.7 Å². The van der Waals surface area contributed by atoms with Crippen LogP contribution in [0, 0.1) is 11.8 Å². The fraction of sp³-hybridized carbons (Fsp3) is 0.846. The van der Waals surface area contributed by atoms with Crippen LogP contribution in [0.2, 0.25) is 0 Å². The molecule has 1 rings (SSSR count). The molecule has 0 amide bonds. The summed E-state index contributed by atoms with van der Waals surface area (Å²) in [5.74, 6) is 6.01. The molecule has 0 spiro atoms. The number of hydrogen-bond acceptors (Lipinski definition) is 1. The third kappa shape index (κ3) is 4.24. The lowest BCUT2D eigenvalue weighted by Crippen LogP contribution is -3.19. The number of aliphatic hydroxyl groups is 1. The summed E-state index contributed by atoms with van der Waals surface area (Å²) in [6.07, 6.45) is 3.97. The lowest BCUT2D eigenvalue weighted by Gasteiger charge is -2.34. The van der Waals surface area contributed by atoms with Crippen molar-refractivity contribution in [2.45, 2.75) is 64.6 Å². The number of nitrogens with one attached hydrogen (secondary N) is 1. The molecule has 0 aliphatic carbocycles. The molecule has 15 heavy (non-hydrogen) atoms. The van der Waals surface area contributed by atoms with Gasteiger partial charge in [-0.05, 0) is 52.9 Å². The Balaban J connectivity index is 2.51. The number of likely N-dealkylation sites (tertiary alicyclic amines) is 1. The Morgan fingerprint density at radius 2 is 1.80 bits per heavy atom. The Labute approximate surface area is 93.7 Å². The molecule has 0 aromatic carbocycles. The predicted octanol–water partition coefficient (Wildman–Crippen LogP) is 0.607. The Hall–Kier alpha value is -0.520. The van der Waals surface area contributed by atoms with Crippen LogP contribution in [-0.4, -0.2) is 29.3 Å². The molecule has 0 saturated carbocycles. The molecule has 0 radical (unpaired) electrons. The van der Waals surface area contributed by atoms with Gasteiger partial charge in [0.25, 0.3) is 0 Å². The minimum Gasteiger partial charge on any atom is -0.378 e. The zero-order valence-corrected chi connectivity index (χ0v) is 10.4. The molecule has 2 atom stereocenters. The molecule has 1 aliphatic heterocycles. The van der Waals surface area contributed by atoms with E-state index in [1.807, 2.05) is 0 Å². The molecule has 0 bridgehead atoms. The molecular formula is C13H24NO+. The van der Waals surface area contributed by atoms with E-state index in [1.165, 1.54) is 19.3 Å². The van der Waals surface area contributed by atoms with Gasteiger partial charge < -0.3 is 10.0 Å². The van der Waals surface area contributed by atoms with Gasteiger partial charge in [0.05, 0.1) is 12.1 Å². The summed E-state index contributed by atoms with van der Waals surface area (Å²) in [5, 5.41) is 9.50. The fourth-order valence-corrected chi connectivity index (χ4v) is 2.30. The summed E-state index contributed by atoms with van der Waals surface area (Å²) >= 11 is 0. The predicted molar refractivity (Wildman–Crippen MR) is 62.7 cm³/mol. The van der Waals surface area contributed by atoms with E-state index in [0.717, 1.165) is 6.54 Å². The van der Waals surface area contributed by atoms with Crippen LogP contribution in [0.4, 0.5) is 0 Å². The van der Waals surface area contributed by atoms with Crippen molar-refractivity contribution in [3.8, 4) is 11.8 Å². The molecule has 1 aliphatic rings. The largest absolute Gasteiger partial charge is 0.378 e. The summed E-state index contributed by atoms with van der Waals surface area (Å²) in [5.41, 5.74) is -0.846. The van der Waals surface area contributed by atoms with Crippen molar-refractivity contribution in [3.63, 3.8) is 0 Å². The second-order valence-electron chi connectivity index (χ2n) is 5.35. The summed E-state index contributed by atoms with van der Waals surface area (Å²) < 4.78 is 0. The van der Waals surface area contributed by atoms with E-state index in [4.69, 9.17) is 0 Å². The molecular weight excluding hydrogens is 186 g/mol. The molecule has 2 nitrogen and oxygen atoms in total. The Morgan fingerprint density at radius 1 is 1.27 bits per heavy atom. The van der Waals surface area contributed by atoms with Crippen LogP contribution in [0.1, 0.15) is 47.0 Å². The first-order chi connectivity index (χ1) is 6.90. The zero-order valence-electron chi connectivity index (χ0n) is 10.4. The zero-order chi connectivity index (χ0) is 11.5. The van der Waals surface area contributed by atoms with Crippen LogP contribution in [0.15, 0.2) is 0 Å². The van der Waals surface area contributed by atoms with E-state index in [-0.39, 0.29) is 0 Å². The van der Waals surface area contributed by atoms with Gasteiger partial charge in [0, 0.05) is 0 Å². The second-order valence-corrected chi connectivity index (χ2v) is 5.35. The summed E-state index contributed by atoms with van der Waals surface area (Å²) in [6.45, 7) is 8.94. The lowest BCUT2D eigenvalue weighted by atomic mass is 9.97. The molecule has 1 heterocycles. The third-order valence-electron chi connectivity index (χ3n) is 3.23. The van der Waals surface area contributed by atoms with Gasteiger partial charge in [-0.3, -0.25) is 0 Å². The first-order valence-corrected chi connectivity index (χ1v) is 5.98. The average Bonchev–Trinajstić information content (AvgIpc) is 2.08. The second kappa shape index (κ2) is 5.01. The summed E-state index contributed by atoms with van der Waals surface area (Å²) in [6, 6.07) is 1.43. The van der Waals surface area contributed by atoms with Crippen LogP contribution in [0.5, 0.6) is 0 Å². The van der Waals surface area contributed by atoms with Gasteiger partial charge in [-0.2, -0.15) is 0 Å². The molecule has 1 saturated heterocycles. The van der Waals surface area contributed by atoms with Gasteiger partial charge in [-0.15, -0.1) is 0 Å². The maximum absolute atomic E-state index is 9.50. The monoisotopic (exact) mass is 210 g/mol. The van der Waals surface area contributed by atoms with Gasteiger partial charge in [-0.25, -0.2) is 0 Å². The number of piperidine rings is 1. The minimum atomic E-state index is -0.846. The van der Waals surface area contributed by atoms with Crippen molar-refractivity contribution in [2.24, 2.45) is 0 Å². The van der Waals surface area contributed by atoms with E-state index in [1.54, 1.807) is 18.7 Å². The van der Waals surface area contributed by atoms with Gasteiger partial charge in [0.1, 0.15) is 12.1 Å². The number of rotatable bonds is 1. The third-order valence-corrected chi connectivity index (χ3v) is 3.23. The highest BCUT2D eigenvalue weighted by molar-refractivity contribution is 5.09. The lowest BCUT2D eigenvalue weighted by molar-refractivity contribution is -0.944. The van der Waals surface area contributed by atoms with Crippen LogP contribution in [0.25, 0.3) is 0 Å². The quantitative estimate of drug-likeness (QED) is 0.609. The Morgan fingerprint density at radius 3 is 2.27 bits per heavy atom. The molecule has 2 N–H and O–H groups in total. The van der Waals surface area contributed by atoms with E-state index in [0.29, 0.717) is 12.1 Å². The number of quaternary nitrogens is 1. The first-order valence-electron chi connectivity index (χ1n) is 5.98. The maximum atomic E-state index is 9.50. The van der Waals surface area contributed by atoms with Crippen molar-refractivity contribution < 1.29 is 10.0 Å². The highest BCUT2D eigenvalue weighted by Crippen LogP contribution is 2.06. The van der Waals surface area contributed by atoms with Gasteiger partial charge in [0.15, 0.2) is 0 Å². The molecule has 0 aromatic heterocycles. The van der Waals surface area contributed by atoms with Crippen LogP contribution in [-0.2, 0) is 0 Å². The van der Waals surface area contributed by atoms with Gasteiger partial charge >= 0.3 is 0 Å². The fourth-order valence-electron chi connectivity index (χ4n) is 2.30. The topological polar surface area (TPSA) is 24.7 Å². The van der Waals surface area contributed by atoms with Crippen molar-refractivity contribution in [3.05, 3.63) is 0 Å². The van der Waals surface area contributed by atoms with E-state index in [9.17, 15) is 5.11 Å². The summed E-state index contributed by atoms with van der Waals surface area (Å²) in [7, 11) is 0. The molecule has 1 fully saturated rings. The summed E-state index contributed by atoms with van der Waals surface area (Å²) in [4.78, 5) is 1.58.